The average Bonchev–Trinajstić information content (AvgIpc) is 2.34. The van der Waals surface area contributed by atoms with Crippen molar-refractivity contribution in [1.82, 2.24) is 4.31 Å². The first-order chi connectivity index (χ1) is 8.87. The molecule has 0 radical (unpaired) electrons. The van der Waals surface area contributed by atoms with Crippen LogP contribution in [0, 0.1) is 6.92 Å². The Balaban J connectivity index is 3.07. The van der Waals surface area contributed by atoms with Crippen molar-refractivity contribution >= 4 is 26.9 Å². The molecule has 0 aliphatic rings. The molecule has 0 fully saturated rings. The maximum absolute atomic E-state index is 12.4. The van der Waals surface area contributed by atoms with Crippen LogP contribution in [0.4, 0.5) is 0 Å². The highest BCUT2D eigenvalue weighted by atomic mass is 35.5. The second-order valence-corrected chi connectivity index (χ2v) is 6.44. The lowest BCUT2D eigenvalue weighted by Gasteiger charge is -2.19. The normalized spacial score (nSPS) is 11.5. The molecule has 1 aromatic rings. The van der Waals surface area contributed by atoms with Gasteiger partial charge in [-0.25, -0.2) is 8.42 Å². The zero-order valence-corrected chi connectivity index (χ0v) is 12.2. The summed E-state index contributed by atoms with van der Waals surface area (Å²) in [5.41, 5.74) is 0.963. The van der Waals surface area contributed by atoms with Crippen LogP contribution in [0.2, 0.25) is 0 Å². The van der Waals surface area contributed by atoms with Gasteiger partial charge in [0.15, 0.2) is 0 Å². The number of hydrogen-bond acceptors (Lipinski definition) is 3. The van der Waals surface area contributed by atoms with E-state index in [1.54, 1.807) is 18.2 Å². The molecule has 0 amide bonds. The second-order valence-electron chi connectivity index (χ2n) is 4.08. The van der Waals surface area contributed by atoms with Gasteiger partial charge >= 0.3 is 0 Å². The summed E-state index contributed by atoms with van der Waals surface area (Å²) in [5.74, 6) is 0. The Hall–Kier alpha value is -1.17. The summed E-state index contributed by atoms with van der Waals surface area (Å²) in [6.07, 6.45) is 2.05. The van der Waals surface area contributed by atoms with E-state index >= 15 is 0 Å². The lowest BCUT2D eigenvalue weighted by molar-refractivity contribution is -0.111. The van der Waals surface area contributed by atoms with E-state index < -0.39 is 15.3 Å². The van der Waals surface area contributed by atoms with Crippen molar-refractivity contribution in [2.75, 3.05) is 13.1 Å². The first-order valence-electron chi connectivity index (χ1n) is 5.74. The molecular weight excluding hydrogens is 286 g/mol. The second kappa shape index (κ2) is 6.84. The quantitative estimate of drug-likeness (QED) is 0.574. The molecule has 0 unspecified atom stereocenters. The maximum atomic E-state index is 12.4. The third-order valence-electron chi connectivity index (χ3n) is 2.54. The summed E-state index contributed by atoms with van der Waals surface area (Å²) in [6.45, 7) is 5.25. The first-order valence-corrected chi connectivity index (χ1v) is 7.56. The van der Waals surface area contributed by atoms with Crippen LogP contribution < -0.4 is 0 Å². The molecule has 0 N–H and O–H groups in total. The van der Waals surface area contributed by atoms with E-state index in [4.69, 9.17) is 11.6 Å². The van der Waals surface area contributed by atoms with Gasteiger partial charge in [0.1, 0.15) is 0 Å². The standard InChI is InChI=1S/C13H16ClNO3S/c1-3-4-9-15(10-13(14)16)19(17,18)12-7-5-11(2)6-8-12/h3,5-8H,1,4,9-10H2,2H3. The number of halogens is 1. The third-order valence-corrected chi connectivity index (χ3v) is 4.52. The van der Waals surface area contributed by atoms with Gasteiger partial charge < -0.3 is 0 Å². The summed E-state index contributed by atoms with van der Waals surface area (Å²) >= 11 is 5.30. The lowest BCUT2D eigenvalue weighted by atomic mass is 10.2. The van der Waals surface area contributed by atoms with Crippen LogP contribution in [-0.2, 0) is 14.8 Å². The van der Waals surface area contributed by atoms with Gasteiger partial charge in [0.25, 0.3) is 0 Å². The summed E-state index contributed by atoms with van der Waals surface area (Å²) in [7, 11) is -3.70. The summed E-state index contributed by atoms with van der Waals surface area (Å²) in [5, 5.41) is -0.709. The van der Waals surface area contributed by atoms with Gasteiger partial charge in [-0.3, -0.25) is 4.79 Å². The predicted octanol–water partition coefficient (Wildman–Crippen LogP) is 2.33. The maximum Gasteiger partial charge on any atom is 0.243 e. The Morgan fingerprint density at radius 3 is 2.42 bits per heavy atom. The van der Waals surface area contributed by atoms with Crippen molar-refractivity contribution in [2.24, 2.45) is 0 Å². The van der Waals surface area contributed by atoms with Crippen molar-refractivity contribution in [3.8, 4) is 0 Å². The van der Waals surface area contributed by atoms with Gasteiger partial charge in [0, 0.05) is 6.54 Å². The summed E-state index contributed by atoms with van der Waals surface area (Å²) < 4.78 is 25.8. The molecule has 0 atom stereocenters. The van der Waals surface area contributed by atoms with E-state index in [9.17, 15) is 13.2 Å². The highest BCUT2D eigenvalue weighted by Crippen LogP contribution is 2.17. The van der Waals surface area contributed by atoms with Gasteiger partial charge in [0.2, 0.25) is 15.3 Å². The summed E-state index contributed by atoms with van der Waals surface area (Å²) in [4.78, 5) is 11.1. The molecule has 0 saturated carbocycles. The number of sulfonamides is 1. The Labute approximate surface area is 118 Å². The largest absolute Gasteiger partial charge is 0.280 e. The highest BCUT2D eigenvalue weighted by molar-refractivity contribution is 7.89. The summed E-state index contributed by atoms with van der Waals surface area (Å²) in [6, 6.07) is 6.46. The molecular formula is C13H16ClNO3S. The van der Waals surface area contributed by atoms with Crippen LogP contribution >= 0.6 is 11.6 Å². The molecule has 0 heterocycles. The minimum absolute atomic E-state index is 0.153. The lowest BCUT2D eigenvalue weighted by Crippen LogP contribution is -2.35. The number of hydrogen-bond donors (Lipinski definition) is 0. The van der Waals surface area contributed by atoms with Crippen LogP contribution in [0.3, 0.4) is 0 Å². The molecule has 6 heteroatoms. The van der Waals surface area contributed by atoms with E-state index in [1.165, 1.54) is 12.1 Å². The smallest absolute Gasteiger partial charge is 0.243 e. The number of carbonyl (C=O) groups is 1. The van der Waals surface area contributed by atoms with Gasteiger partial charge in [-0.15, -0.1) is 6.58 Å². The molecule has 4 nitrogen and oxygen atoms in total. The minimum Gasteiger partial charge on any atom is -0.280 e. The number of rotatable bonds is 7. The molecule has 0 aromatic heterocycles. The SMILES string of the molecule is C=CCCN(CC(=O)Cl)S(=O)(=O)c1ccc(C)cc1. The van der Waals surface area contributed by atoms with E-state index in [2.05, 4.69) is 6.58 Å². The average molecular weight is 302 g/mol. The van der Waals surface area contributed by atoms with Crippen molar-refractivity contribution in [1.29, 1.82) is 0 Å². The predicted molar refractivity (Wildman–Crippen MR) is 75.6 cm³/mol. The van der Waals surface area contributed by atoms with Crippen molar-refractivity contribution in [3.63, 3.8) is 0 Å². The van der Waals surface area contributed by atoms with Gasteiger partial charge in [-0.1, -0.05) is 23.8 Å². The fourth-order valence-corrected chi connectivity index (χ4v) is 3.14. The topological polar surface area (TPSA) is 54.5 Å². The Morgan fingerprint density at radius 1 is 1.37 bits per heavy atom. The van der Waals surface area contributed by atoms with Gasteiger partial charge in [-0.05, 0) is 37.1 Å². The van der Waals surface area contributed by atoms with Crippen molar-refractivity contribution < 1.29 is 13.2 Å². The fourth-order valence-electron chi connectivity index (χ4n) is 1.52. The fraction of sp³-hybridized carbons (Fsp3) is 0.308. The zero-order chi connectivity index (χ0) is 14.5. The molecule has 1 rings (SSSR count). The zero-order valence-electron chi connectivity index (χ0n) is 10.7. The molecule has 0 aliphatic heterocycles. The Kier molecular flexibility index (Phi) is 5.72. The molecule has 104 valence electrons. The van der Waals surface area contributed by atoms with Crippen LogP contribution in [0.1, 0.15) is 12.0 Å². The number of benzene rings is 1. The molecule has 19 heavy (non-hydrogen) atoms. The van der Waals surface area contributed by atoms with E-state index in [1.807, 2.05) is 6.92 Å². The molecule has 0 saturated heterocycles. The number of aryl methyl sites for hydroxylation is 1. The first kappa shape index (κ1) is 15.9. The molecule has 0 spiro atoms. The molecule has 0 aliphatic carbocycles. The van der Waals surface area contributed by atoms with E-state index in [0.29, 0.717) is 6.42 Å². The number of carbonyl (C=O) groups excluding carboxylic acids is 1. The van der Waals surface area contributed by atoms with Crippen molar-refractivity contribution in [3.05, 3.63) is 42.5 Å². The van der Waals surface area contributed by atoms with Crippen LogP contribution in [0.25, 0.3) is 0 Å². The van der Waals surface area contributed by atoms with E-state index in [-0.39, 0.29) is 18.0 Å². The van der Waals surface area contributed by atoms with Crippen molar-refractivity contribution in [2.45, 2.75) is 18.2 Å². The van der Waals surface area contributed by atoms with Crippen LogP contribution in [0.5, 0.6) is 0 Å². The van der Waals surface area contributed by atoms with Gasteiger partial charge in [0.05, 0.1) is 11.4 Å². The van der Waals surface area contributed by atoms with Crippen LogP contribution in [-0.4, -0.2) is 31.1 Å². The monoisotopic (exact) mass is 301 g/mol. The Morgan fingerprint density at radius 2 is 1.95 bits per heavy atom. The Bertz CT molecular complexity index is 552. The van der Waals surface area contributed by atoms with E-state index in [0.717, 1.165) is 9.87 Å². The molecule has 1 aromatic carbocycles. The van der Waals surface area contributed by atoms with Crippen LogP contribution in [0.15, 0.2) is 41.8 Å². The van der Waals surface area contributed by atoms with Gasteiger partial charge in [-0.2, -0.15) is 4.31 Å². The number of nitrogens with zero attached hydrogens (tertiary/aromatic N) is 1. The molecule has 0 bridgehead atoms. The third kappa shape index (κ3) is 4.45. The minimum atomic E-state index is -3.70. The highest BCUT2D eigenvalue weighted by Gasteiger charge is 2.25.